The molecule has 0 unspecified atom stereocenters. The summed E-state index contributed by atoms with van der Waals surface area (Å²) in [7, 11) is 0. The van der Waals surface area contributed by atoms with Crippen LogP contribution < -0.4 is 5.32 Å². The van der Waals surface area contributed by atoms with E-state index in [0.717, 1.165) is 5.92 Å². The molecule has 0 heterocycles. The van der Waals surface area contributed by atoms with Crippen molar-refractivity contribution in [2.24, 2.45) is 5.92 Å². The van der Waals surface area contributed by atoms with Gasteiger partial charge < -0.3 is 5.32 Å². The third-order valence-corrected chi connectivity index (χ3v) is 3.35. The Morgan fingerprint density at radius 3 is 2.75 bits per heavy atom. The number of nitrogens with one attached hydrogen (secondary N) is 1. The highest BCUT2D eigenvalue weighted by Crippen LogP contribution is 2.28. The Labute approximate surface area is 80.7 Å². The van der Waals surface area contributed by atoms with Crippen molar-refractivity contribution in [3.8, 4) is 0 Å². The van der Waals surface area contributed by atoms with Gasteiger partial charge in [-0.1, -0.05) is 19.3 Å². The Morgan fingerprint density at radius 2 is 2.17 bits per heavy atom. The molecule has 1 fully saturated rings. The first kappa shape index (κ1) is 10.4. The van der Waals surface area contributed by atoms with E-state index in [1.165, 1.54) is 50.9 Å². The highest BCUT2D eigenvalue weighted by atomic mass is 32.2. The van der Waals surface area contributed by atoms with E-state index >= 15 is 0 Å². The normalized spacial score (nSPS) is 17.8. The van der Waals surface area contributed by atoms with Gasteiger partial charge in [0.1, 0.15) is 0 Å². The molecule has 0 spiro atoms. The molecule has 1 N–H and O–H groups in total. The minimum absolute atomic E-state index is 1.07. The lowest BCUT2D eigenvalue weighted by Crippen LogP contribution is -2.22. The maximum Gasteiger partial charge on any atom is -0.00411 e. The summed E-state index contributed by atoms with van der Waals surface area (Å²) in [5, 5.41) is 3.51. The van der Waals surface area contributed by atoms with E-state index in [1.54, 1.807) is 0 Å². The van der Waals surface area contributed by atoms with Gasteiger partial charge in [0.05, 0.1) is 0 Å². The van der Waals surface area contributed by atoms with Gasteiger partial charge in [0.2, 0.25) is 0 Å². The second-order valence-corrected chi connectivity index (χ2v) is 4.67. The van der Waals surface area contributed by atoms with Crippen LogP contribution in [0.25, 0.3) is 0 Å². The lowest BCUT2D eigenvalue weighted by molar-refractivity contribution is 0.292. The van der Waals surface area contributed by atoms with Crippen LogP contribution in [-0.4, -0.2) is 25.1 Å². The Hall–Kier alpha value is 0.310. The zero-order valence-electron chi connectivity index (χ0n) is 8.14. The van der Waals surface area contributed by atoms with Gasteiger partial charge in [0, 0.05) is 0 Å². The summed E-state index contributed by atoms with van der Waals surface area (Å²) < 4.78 is 0. The third-order valence-electron chi connectivity index (χ3n) is 2.66. The van der Waals surface area contributed by atoms with Gasteiger partial charge in [0.25, 0.3) is 0 Å². The summed E-state index contributed by atoms with van der Waals surface area (Å²) >= 11 is 1.94. The van der Waals surface area contributed by atoms with Crippen LogP contribution in [0.15, 0.2) is 0 Å². The second-order valence-electron chi connectivity index (χ2n) is 3.68. The quantitative estimate of drug-likeness (QED) is 0.615. The van der Waals surface area contributed by atoms with E-state index in [1.807, 2.05) is 11.8 Å². The van der Waals surface area contributed by atoms with Crippen LogP contribution in [0.2, 0.25) is 0 Å². The minimum atomic E-state index is 1.07. The van der Waals surface area contributed by atoms with Crippen molar-refractivity contribution in [2.45, 2.75) is 32.1 Å². The molecule has 1 rings (SSSR count). The highest BCUT2D eigenvalue weighted by Gasteiger charge is 2.15. The molecule has 0 bridgehead atoms. The Morgan fingerprint density at radius 1 is 1.33 bits per heavy atom. The van der Waals surface area contributed by atoms with Crippen molar-refractivity contribution in [3.05, 3.63) is 0 Å². The van der Waals surface area contributed by atoms with E-state index in [4.69, 9.17) is 0 Å². The van der Waals surface area contributed by atoms with Crippen LogP contribution in [0.1, 0.15) is 32.1 Å². The summed E-state index contributed by atoms with van der Waals surface area (Å²) in [4.78, 5) is 0. The number of hydrogen-bond acceptors (Lipinski definition) is 2. The summed E-state index contributed by atoms with van der Waals surface area (Å²) in [5.74, 6) is 2.37. The smallest absolute Gasteiger partial charge is 0.00411 e. The fourth-order valence-corrected chi connectivity index (χ4v) is 1.99. The van der Waals surface area contributed by atoms with Crippen LogP contribution in [0.5, 0.6) is 0 Å². The van der Waals surface area contributed by atoms with Crippen LogP contribution in [0.3, 0.4) is 0 Å². The van der Waals surface area contributed by atoms with Crippen molar-refractivity contribution in [1.29, 1.82) is 0 Å². The molecule has 72 valence electrons. The fourth-order valence-electron chi connectivity index (χ4n) is 1.55. The predicted octanol–water partition coefficient (Wildman–Crippen LogP) is 2.52. The Balaban J connectivity index is 1.70. The summed E-state index contributed by atoms with van der Waals surface area (Å²) in [5.41, 5.74) is 0. The summed E-state index contributed by atoms with van der Waals surface area (Å²) in [6.07, 6.45) is 9.38. The first-order valence-electron chi connectivity index (χ1n) is 5.13. The highest BCUT2D eigenvalue weighted by molar-refractivity contribution is 7.98. The van der Waals surface area contributed by atoms with Gasteiger partial charge in [-0.3, -0.25) is 0 Å². The standard InChI is InChI=1S/C10H21NS/c1-12-9-3-7-11-8-6-10-4-2-5-10/h10-11H,2-9H2,1H3. The Kier molecular flexibility index (Phi) is 5.88. The largest absolute Gasteiger partial charge is 0.317 e. The molecule has 0 radical (unpaired) electrons. The molecule has 0 aromatic rings. The summed E-state index contributed by atoms with van der Waals surface area (Å²) in [6, 6.07) is 0. The Bertz CT molecular complexity index is 102. The second kappa shape index (κ2) is 6.79. The zero-order chi connectivity index (χ0) is 8.65. The van der Waals surface area contributed by atoms with E-state index in [9.17, 15) is 0 Å². The van der Waals surface area contributed by atoms with Gasteiger partial charge in [-0.2, -0.15) is 11.8 Å². The van der Waals surface area contributed by atoms with Crippen molar-refractivity contribution < 1.29 is 0 Å². The van der Waals surface area contributed by atoms with E-state index < -0.39 is 0 Å². The van der Waals surface area contributed by atoms with E-state index in [2.05, 4.69) is 11.6 Å². The number of rotatable bonds is 7. The average Bonchev–Trinajstić information content (AvgIpc) is 2.00. The molecule has 2 heteroatoms. The molecule has 0 amide bonds. The van der Waals surface area contributed by atoms with Gasteiger partial charge in [-0.05, 0) is 43.9 Å². The van der Waals surface area contributed by atoms with E-state index in [-0.39, 0.29) is 0 Å². The van der Waals surface area contributed by atoms with Crippen molar-refractivity contribution in [2.75, 3.05) is 25.1 Å². The fraction of sp³-hybridized carbons (Fsp3) is 1.00. The average molecular weight is 187 g/mol. The van der Waals surface area contributed by atoms with Crippen LogP contribution in [0, 0.1) is 5.92 Å². The predicted molar refractivity (Wildman–Crippen MR) is 57.8 cm³/mol. The number of hydrogen-bond donors (Lipinski definition) is 1. The molecule has 0 aliphatic heterocycles. The van der Waals surface area contributed by atoms with E-state index in [0.29, 0.717) is 0 Å². The zero-order valence-corrected chi connectivity index (χ0v) is 8.96. The molecule has 12 heavy (non-hydrogen) atoms. The van der Waals surface area contributed by atoms with Gasteiger partial charge in [-0.15, -0.1) is 0 Å². The maximum absolute atomic E-state index is 3.51. The monoisotopic (exact) mass is 187 g/mol. The van der Waals surface area contributed by atoms with Crippen LogP contribution in [-0.2, 0) is 0 Å². The third kappa shape index (κ3) is 4.36. The van der Waals surface area contributed by atoms with Crippen LogP contribution in [0.4, 0.5) is 0 Å². The first-order chi connectivity index (χ1) is 5.93. The molecule has 0 atom stereocenters. The molecular formula is C10H21NS. The molecular weight excluding hydrogens is 166 g/mol. The molecule has 0 aromatic carbocycles. The SMILES string of the molecule is CSCCCNCCC1CCC1. The van der Waals surface area contributed by atoms with Crippen molar-refractivity contribution in [1.82, 2.24) is 5.32 Å². The molecule has 1 aliphatic carbocycles. The molecule has 0 aromatic heterocycles. The van der Waals surface area contributed by atoms with Gasteiger partial charge >= 0.3 is 0 Å². The number of thioether (sulfide) groups is 1. The molecule has 1 nitrogen and oxygen atoms in total. The molecule has 1 aliphatic rings. The molecule has 1 saturated carbocycles. The lowest BCUT2D eigenvalue weighted by Gasteiger charge is -2.25. The van der Waals surface area contributed by atoms with Crippen molar-refractivity contribution in [3.63, 3.8) is 0 Å². The first-order valence-corrected chi connectivity index (χ1v) is 6.52. The van der Waals surface area contributed by atoms with Gasteiger partial charge in [-0.25, -0.2) is 0 Å². The van der Waals surface area contributed by atoms with Gasteiger partial charge in [0.15, 0.2) is 0 Å². The molecule has 0 saturated heterocycles. The topological polar surface area (TPSA) is 12.0 Å². The lowest BCUT2D eigenvalue weighted by atomic mass is 9.83. The van der Waals surface area contributed by atoms with Crippen LogP contribution >= 0.6 is 11.8 Å². The maximum atomic E-state index is 3.51. The van der Waals surface area contributed by atoms with Crippen molar-refractivity contribution >= 4 is 11.8 Å². The minimum Gasteiger partial charge on any atom is -0.317 e. The summed E-state index contributed by atoms with van der Waals surface area (Å²) in [6.45, 7) is 2.46.